The van der Waals surface area contributed by atoms with Crippen LogP contribution in [-0.2, 0) is 5.41 Å². The van der Waals surface area contributed by atoms with Gasteiger partial charge in [-0.1, -0.05) is 178 Å². The summed E-state index contributed by atoms with van der Waals surface area (Å²) in [7, 11) is 0. The average Bonchev–Trinajstić information content (AvgIpc) is 3.45. The van der Waals surface area contributed by atoms with Gasteiger partial charge in [-0.15, -0.1) is 0 Å². The van der Waals surface area contributed by atoms with E-state index < -0.39 is 0 Å². The first-order chi connectivity index (χ1) is 25.6. The van der Waals surface area contributed by atoms with Gasteiger partial charge in [-0.25, -0.2) is 0 Å². The summed E-state index contributed by atoms with van der Waals surface area (Å²) in [6, 6.07) is 72.9. The number of hydrogen-bond acceptors (Lipinski definition) is 1. The molecule has 1 heteroatoms. The molecule has 8 aromatic carbocycles. The van der Waals surface area contributed by atoms with Crippen molar-refractivity contribution in [3.05, 3.63) is 211 Å². The van der Waals surface area contributed by atoms with E-state index in [0.717, 1.165) is 17.1 Å². The van der Waals surface area contributed by atoms with Gasteiger partial charge in [-0.3, -0.25) is 0 Å². The lowest BCUT2D eigenvalue weighted by Crippen LogP contribution is -2.17. The van der Waals surface area contributed by atoms with Gasteiger partial charge in [0.15, 0.2) is 0 Å². The number of nitrogens with zero attached hydrogens (tertiary/aromatic N) is 1. The number of anilines is 3. The molecular formula is C51H39N. The molecule has 0 bridgehead atoms. The Morgan fingerprint density at radius 3 is 1.33 bits per heavy atom. The second-order valence-corrected chi connectivity index (χ2v) is 14.2. The van der Waals surface area contributed by atoms with Gasteiger partial charge >= 0.3 is 0 Å². The molecule has 0 fully saturated rings. The van der Waals surface area contributed by atoms with Crippen molar-refractivity contribution >= 4 is 17.1 Å². The summed E-state index contributed by atoms with van der Waals surface area (Å²) in [5, 5.41) is 0. The van der Waals surface area contributed by atoms with Crippen LogP contribution >= 0.6 is 0 Å². The van der Waals surface area contributed by atoms with Crippen LogP contribution in [0.25, 0.3) is 55.6 Å². The predicted octanol–water partition coefficient (Wildman–Crippen LogP) is 14.1. The molecule has 0 saturated heterocycles. The number of hydrogen-bond donors (Lipinski definition) is 0. The first-order valence-corrected chi connectivity index (χ1v) is 18.1. The standard InChI is InChI=1S/C51H39N/c1-51(2)48-29-17-15-28-45(48)47-35-43(34-46(50(47)51)39-25-13-6-14-26-39)52(49-30-18-16-27-44(49)38-23-11-5-12-24-38)42-32-40(36-19-7-3-8-20-36)31-41(33-42)37-21-9-4-10-22-37/h3-35H,1-2H3. The molecule has 0 spiro atoms. The summed E-state index contributed by atoms with van der Waals surface area (Å²) in [6.07, 6.45) is 0. The highest BCUT2D eigenvalue weighted by molar-refractivity contribution is 5.96. The molecular weight excluding hydrogens is 627 g/mol. The molecule has 0 saturated carbocycles. The maximum atomic E-state index is 2.49. The topological polar surface area (TPSA) is 3.24 Å². The van der Waals surface area contributed by atoms with E-state index in [-0.39, 0.29) is 5.41 Å². The highest BCUT2D eigenvalue weighted by atomic mass is 15.1. The van der Waals surface area contributed by atoms with E-state index in [2.05, 4.69) is 219 Å². The fourth-order valence-corrected chi connectivity index (χ4v) is 8.18. The summed E-state index contributed by atoms with van der Waals surface area (Å²) >= 11 is 0. The molecule has 248 valence electrons. The highest BCUT2D eigenvalue weighted by Crippen LogP contribution is 2.55. The number of rotatable bonds is 7. The van der Waals surface area contributed by atoms with E-state index in [4.69, 9.17) is 0 Å². The van der Waals surface area contributed by atoms with Crippen molar-refractivity contribution in [2.45, 2.75) is 19.3 Å². The Bertz CT molecular complexity index is 2460. The van der Waals surface area contributed by atoms with Gasteiger partial charge < -0.3 is 4.90 Å². The van der Waals surface area contributed by atoms with Crippen molar-refractivity contribution in [2.24, 2.45) is 0 Å². The molecule has 9 rings (SSSR count). The van der Waals surface area contributed by atoms with Crippen LogP contribution in [0.3, 0.4) is 0 Å². The van der Waals surface area contributed by atoms with Crippen LogP contribution in [0.2, 0.25) is 0 Å². The fourth-order valence-electron chi connectivity index (χ4n) is 8.18. The van der Waals surface area contributed by atoms with Gasteiger partial charge in [0.1, 0.15) is 0 Å². The Kier molecular flexibility index (Phi) is 7.90. The van der Waals surface area contributed by atoms with Crippen molar-refractivity contribution in [3.8, 4) is 55.6 Å². The second kappa shape index (κ2) is 13.0. The second-order valence-electron chi connectivity index (χ2n) is 14.2. The molecule has 0 heterocycles. The Labute approximate surface area is 307 Å². The smallest absolute Gasteiger partial charge is 0.0540 e. The van der Waals surface area contributed by atoms with Crippen LogP contribution in [0.1, 0.15) is 25.0 Å². The van der Waals surface area contributed by atoms with E-state index >= 15 is 0 Å². The van der Waals surface area contributed by atoms with E-state index in [0.29, 0.717) is 0 Å². The average molecular weight is 666 g/mol. The highest BCUT2D eigenvalue weighted by Gasteiger charge is 2.38. The molecule has 52 heavy (non-hydrogen) atoms. The summed E-state index contributed by atoms with van der Waals surface area (Å²) in [5.74, 6) is 0. The zero-order chi connectivity index (χ0) is 35.1. The van der Waals surface area contributed by atoms with E-state index in [9.17, 15) is 0 Å². The van der Waals surface area contributed by atoms with Gasteiger partial charge in [0.05, 0.1) is 5.69 Å². The van der Waals surface area contributed by atoms with E-state index in [1.54, 1.807) is 0 Å². The normalized spacial score (nSPS) is 12.6. The number of fused-ring (bicyclic) bond motifs is 3. The molecule has 0 N–H and O–H groups in total. The van der Waals surface area contributed by atoms with E-state index in [1.807, 2.05) is 0 Å². The zero-order valence-corrected chi connectivity index (χ0v) is 29.5. The third-order valence-corrected chi connectivity index (χ3v) is 10.6. The summed E-state index contributed by atoms with van der Waals surface area (Å²) < 4.78 is 0. The number of para-hydroxylation sites is 1. The molecule has 8 aromatic rings. The van der Waals surface area contributed by atoms with Crippen LogP contribution in [0.15, 0.2) is 200 Å². The molecule has 0 aromatic heterocycles. The van der Waals surface area contributed by atoms with Gasteiger partial charge in [-0.2, -0.15) is 0 Å². The molecule has 0 unspecified atom stereocenters. The van der Waals surface area contributed by atoms with Gasteiger partial charge in [0.2, 0.25) is 0 Å². The van der Waals surface area contributed by atoms with Crippen LogP contribution in [0, 0.1) is 0 Å². The molecule has 0 radical (unpaired) electrons. The number of benzene rings is 8. The minimum Gasteiger partial charge on any atom is -0.310 e. The zero-order valence-electron chi connectivity index (χ0n) is 29.5. The molecule has 1 aliphatic carbocycles. The van der Waals surface area contributed by atoms with Crippen LogP contribution in [-0.4, -0.2) is 0 Å². The van der Waals surface area contributed by atoms with Crippen molar-refractivity contribution in [3.63, 3.8) is 0 Å². The molecule has 0 aliphatic heterocycles. The molecule has 1 aliphatic rings. The lowest BCUT2D eigenvalue weighted by atomic mass is 9.78. The maximum Gasteiger partial charge on any atom is 0.0540 e. The van der Waals surface area contributed by atoms with Crippen LogP contribution in [0.4, 0.5) is 17.1 Å². The quantitative estimate of drug-likeness (QED) is 0.164. The van der Waals surface area contributed by atoms with Crippen molar-refractivity contribution < 1.29 is 0 Å². The monoisotopic (exact) mass is 665 g/mol. The van der Waals surface area contributed by atoms with Gasteiger partial charge in [-0.05, 0) is 97.6 Å². The minimum atomic E-state index is -0.157. The van der Waals surface area contributed by atoms with Crippen molar-refractivity contribution in [1.82, 2.24) is 0 Å². The summed E-state index contributed by atoms with van der Waals surface area (Å²) in [6.45, 7) is 4.75. The SMILES string of the molecule is CC1(C)c2ccccc2-c2cc(N(c3cc(-c4ccccc4)cc(-c4ccccc4)c3)c3ccccc3-c3ccccc3)cc(-c3ccccc3)c21. The lowest BCUT2D eigenvalue weighted by Gasteiger charge is -2.31. The third kappa shape index (κ3) is 5.52. The van der Waals surface area contributed by atoms with Crippen molar-refractivity contribution in [2.75, 3.05) is 4.90 Å². The van der Waals surface area contributed by atoms with Gasteiger partial charge in [0, 0.05) is 22.4 Å². The van der Waals surface area contributed by atoms with E-state index in [1.165, 1.54) is 66.8 Å². The van der Waals surface area contributed by atoms with Crippen molar-refractivity contribution in [1.29, 1.82) is 0 Å². The Hall–Kier alpha value is -6.44. The largest absolute Gasteiger partial charge is 0.310 e. The van der Waals surface area contributed by atoms with Crippen LogP contribution in [0.5, 0.6) is 0 Å². The van der Waals surface area contributed by atoms with Gasteiger partial charge in [0.25, 0.3) is 0 Å². The Morgan fingerprint density at radius 2 is 0.750 bits per heavy atom. The Balaban J connectivity index is 1.38. The predicted molar refractivity (Wildman–Crippen MR) is 220 cm³/mol. The van der Waals surface area contributed by atoms with Crippen LogP contribution < -0.4 is 4.90 Å². The Morgan fingerprint density at radius 1 is 0.327 bits per heavy atom. The fraction of sp³-hybridized carbons (Fsp3) is 0.0588. The molecule has 1 nitrogen and oxygen atoms in total. The summed E-state index contributed by atoms with van der Waals surface area (Å²) in [4.78, 5) is 2.49. The summed E-state index contributed by atoms with van der Waals surface area (Å²) in [5.41, 5.74) is 18.1. The first kappa shape index (κ1) is 31.5. The third-order valence-electron chi connectivity index (χ3n) is 10.6. The molecule has 0 atom stereocenters. The first-order valence-electron chi connectivity index (χ1n) is 18.1. The lowest BCUT2D eigenvalue weighted by molar-refractivity contribution is 0.662. The maximum absolute atomic E-state index is 2.49. The minimum absolute atomic E-state index is 0.157. The molecule has 0 amide bonds.